The summed E-state index contributed by atoms with van der Waals surface area (Å²) in [6.07, 6.45) is 1.47. The molecule has 0 saturated carbocycles. The molecule has 0 bridgehead atoms. The maximum atomic E-state index is 11.4. The van der Waals surface area contributed by atoms with Crippen LogP contribution in [0.2, 0.25) is 0 Å². The second kappa shape index (κ2) is 5.41. The summed E-state index contributed by atoms with van der Waals surface area (Å²) in [5.41, 5.74) is 2.58. The second-order valence-electron chi connectivity index (χ2n) is 5.17. The molecule has 1 aliphatic rings. The standard InChI is InChI=1S/C14H21NO2S/c1-11-5-3-4-6-14(11)12(2)15-13-7-9-18(16,17)10-8-13/h3-6,12-13,15H,7-10H2,1-2H3/t12-/m0/s1. The lowest BCUT2D eigenvalue weighted by Crippen LogP contribution is -2.38. The van der Waals surface area contributed by atoms with Crippen LogP contribution in [0.5, 0.6) is 0 Å². The molecule has 0 aliphatic carbocycles. The van der Waals surface area contributed by atoms with Gasteiger partial charge >= 0.3 is 0 Å². The summed E-state index contributed by atoms with van der Waals surface area (Å²) in [6, 6.07) is 8.93. The molecule has 0 spiro atoms. The fourth-order valence-corrected chi connectivity index (χ4v) is 4.06. The van der Waals surface area contributed by atoms with Crippen LogP contribution >= 0.6 is 0 Å². The lowest BCUT2D eigenvalue weighted by molar-refractivity contribution is 0.419. The Kier molecular flexibility index (Phi) is 4.07. The Morgan fingerprint density at radius 2 is 1.83 bits per heavy atom. The topological polar surface area (TPSA) is 46.2 Å². The zero-order valence-corrected chi connectivity index (χ0v) is 11.8. The van der Waals surface area contributed by atoms with Gasteiger partial charge in [0.1, 0.15) is 9.84 Å². The third kappa shape index (κ3) is 3.33. The summed E-state index contributed by atoms with van der Waals surface area (Å²) < 4.78 is 22.8. The van der Waals surface area contributed by atoms with E-state index in [4.69, 9.17) is 0 Å². The van der Waals surface area contributed by atoms with Crippen molar-refractivity contribution in [3.8, 4) is 0 Å². The van der Waals surface area contributed by atoms with Gasteiger partial charge < -0.3 is 5.32 Å². The molecule has 1 heterocycles. The molecule has 1 aromatic rings. The van der Waals surface area contributed by atoms with Crippen molar-refractivity contribution in [1.82, 2.24) is 5.32 Å². The van der Waals surface area contributed by atoms with E-state index in [9.17, 15) is 8.42 Å². The van der Waals surface area contributed by atoms with E-state index in [0.717, 1.165) is 12.8 Å². The number of hydrogen-bond donors (Lipinski definition) is 1. The number of hydrogen-bond acceptors (Lipinski definition) is 3. The van der Waals surface area contributed by atoms with Crippen LogP contribution in [0.15, 0.2) is 24.3 Å². The largest absolute Gasteiger partial charge is 0.307 e. The molecule has 1 atom stereocenters. The van der Waals surface area contributed by atoms with Gasteiger partial charge in [0.15, 0.2) is 0 Å². The van der Waals surface area contributed by atoms with Crippen LogP contribution in [-0.2, 0) is 9.84 Å². The monoisotopic (exact) mass is 267 g/mol. The minimum absolute atomic E-state index is 0.275. The summed E-state index contributed by atoms with van der Waals surface area (Å²) in [4.78, 5) is 0. The molecule has 1 fully saturated rings. The first kappa shape index (κ1) is 13.6. The highest BCUT2D eigenvalue weighted by Gasteiger charge is 2.24. The van der Waals surface area contributed by atoms with Crippen LogP contribution in [0, 0.1) is 6.92 Å². The van der Waals surface area contributed by atoms with E-state index in [2.05, 4.69) is 31.3 Å². The smallest absolute Gasteiger partial charge is 0.150 e. The molecule has 18 heavy (non-hydrogen) atoms. The molecule has 1 aromatic carbocycles. The summed E-state index contributed by atoms with van der Waals surface area (Å²) in [7, 11) is -2.76. The zero-order valence-electron chi connectivity index (χ0n) is 11.0. The SMILES string of the molecule is Cc1ccccc1[C@H](C)NC1CCS(=O)(=O)CC1. The van der Waals surface area contributed by atoms with E-state index >= 15 is 0 Å². The minimum atomic E-state index is -2.76. The predicted molar refractivity (Wildman–Crippen MR) is 74.4 cm³/mol. The number of benzene rings is 1. The fourth-order valence-electron chi connectivity index (χ4n) is 2.57. The average Bonchev–Trinajstić information content (AvgIpc) is 2.32. The molecule has 1 saturated heterocycles. The van der Waals surface area contributed by atoms with Crippen LogP contribution in [0.3, 0.4) is 0 Å². The molecule has 4 heteroatoms. The van der Waals surface area contributed by atoms with Gasteiger partial charge in [-0.15, -0.1) is 0 Å². The Bertz CT molecular complexity index is 496. The van der Waals surface area contributed by atoms with Gasteiger partial charge in [-0.3, -0.25) is 0 Å². The maximum Gasteiger partial charge on any atom is 0.150 e. The van der Waals surface area contributed by atoms with Gasteiger partial charge in [-0.2, -0.15) is 0 Å². The highest BCUT2D eigenvalue weighted by molar-refractivity contribution is 7.91. The normalized spacial score (nSPS) is 21.7. The van der Waals surface area contributed by atoms with Gasteiger partial charge in [0, 0.05) is 12.1 Å². The van der Waals surface area contributed by atoms with Crippen LogP contribution in [-0.4, -0.2) is 26.0 Å². The highest BCUT2D eigenvalue weighted by atomic mass is 32.2. The fraction of sp³-hybridized carbons (Fsp3) is 0.571. The van der Waals surface area contributed by atoms with Crippen LogP contribution < -0.4 is 5.32 Å². The van der Waals surface area contributed by atoms with Crippen molar-refractivity contribution in [2.75, 3.05) is 11.5 Å². The van der Waals surface area contributed by atoms with Gasteiger partial charge in [0.2, 0.25) is 0 Å². The average molecular weight is 267 g/mol. The Morgan fingerprint density at radius 3 is 2.44 bits per heavy atom. The Hall–Kier alpha value is -0.870. The van der Waals surface area contributed by atoms with Gasteiger partial charge in [-0.05, 0) is 37.8 Å². The molecule has 1 N–H and O–H groups in total. The lowest BCUT2D eigenvalue weighted by atomic mass is 10.0. The van der Waals surface area contributed by atoms with E-state index in [1.807, 2.05) is 12.1 Å². The van der Waals surface area contributed by atoms with E-state index < -0.39 is 9.84 Å². The van der Waals surface area contributed by atoms with Crippen molar-refractivity contribution in [2.45, 2.75) is 38.8 Å². The van der Waals surface area contributed by atoms with Gasteiger partial charge in [-0.25, -0.2) is 8.42 Å². The van der Waals surface area contributed by atoms with Crippen molar-refractivity contribution in [2.24, 2.45) is 0 Å². The lowest BCUT2D eigenvalue weighted by Gasteiger charge is -2.27. The molecule has 0 amide bonds. The molecular weight excluding hydrogens is 246 g/mol. The number of nitrogens with one attached hydrogen (secondary N) is 1. The molecule has 2 rings (SSSR count). The third-order valence-corrected chi connectivity index (χ3v) is 5.41. The van der Waals surface area contributed by atoms with Crippen LogP contribution in [0.25, 0.3) is 0 Å². The molecule has 0 radical (unpaired) electrons. The molecule has 0 aromatic heterocycles. The number of sulfone groups is 1. The third-order valence-electron chi connectivity index (χ3n) is 3.70. The van der Waals surface area contributed by atoms with Crippen LogP contribution in [0.4, 0.5) is 0 Å². The summed E-state index contributed by atoms with van der Waals surface area (Å²) in [6.45, 7) is 4.25. The molecule has 0 unspecified atom stereocenters. The summed E-state index contributed by atoms with van der Waals surface area (Å²) >= 11 is 0. The minimum Gasteiger partial charge on any atom is -0.307 e. The first-order valence-electron chi connectivity index (χ1n) is 6.50. The molecular formula is C14H21NO2S. The summed E-state index contributed by atoms with van der Waals surface area (Å²) in [5.74, 6) is 0.649. The van der Waals surface area contributed by atoms with Crippen molar-refractivity contribution >= 4 is 9.84 Å². The Morgan fingerprint density at radius 1 is 1.22 bits per heavy atom. The predicted octanol–water partition coefficient (Wildman–Crippen LogP) is 2.22. The van der Waals surface area contributed by atoms with Crippen molar-refractivity contribution in [3.05, 3.63) is 35.4 Å². The van der Waals surface area contributed by atoms with E-state index in [0.29, 0.717) is 17.5 Å². The van der Waals surface area contributed by atoms with E-state index in [1.165, 1.54) is 11.1 Å². The molecule has 1 aliphatic heterocycles. The maximum absolute atomic E-state index is 11.4. The number of aryl methyl sites for hydroxylation is 1. The second-order valence-corrected chi connectivity index (χ2v) is 7.47. The van der Waals surface area contributed by atoms with Crippen molar-refractivity contribution in [1.29, 1.82) is 0 Å². The van der Waals surface area contributed by atoms with E-state index in [1.54, 1.807) is 0 Å². The highest BCUT2D eigenvalue weighted by Crippen LogP contribution is 2.20. The zero-order chi connectivity index (χ0) is 13.2. The molecule has 3 nitrogen and oxygen atoms in total. The van der Waals surface area contributed by atoms with Crippen molar-refractivity contribution in [3.63, 3.8) is 0 Å². The molecule has 100 valence electrons. The van der Waals surface area contributed by atoms with Gasteiger partial charge in [0.05, 0.1) is 11.5 Å². The van der Waals surface area contributed by atoms with E-state index in [-0.39, 0.29) is 6.04 Å². The first-order valence-corrected chi connectivity index (χ1v) is 8.32. The first-order chi connectivity index (χ1) is 8.48. The van der Waals surface area contributed by atoms with Crippen LogP contribution in [0.1, 0.15) is 36.9 Å². The number of rotatable bonds is 3. The van der Waals surface area contributed by atoms with Crippen molar-refractivity contribution < 1.29 is 8.42 Å². The Balaban J connectivity index is 1.97. The van der Waals surface area contributed by atoms with Gasteiger partial charge in [0.25, 0.3) is 0 Å². The quantitative estimate of drug-likeness (QED) is 0.913. The Labute approximate surface area is 110 Å². The van der Waals surface area contributed by atoms with Gasteiger partial charge in [-0.1, -0.05) is 24.3 Å². The summed E-state index contributed by atoms with van der Waals surface area (Å²) in [5, 5.41) is 3.55.